The Labute approximate surface area is 177 Å². The molecule has 0 spiro atoms. The van der Waals surface area contributed by atoms with Crippen LogP contribution < -0.4 is 10.2 Å². The summed E-state index contributed by atoms with van der Waals surface area (Å²) in [6, 6.07) is 16.8. The molecule has 1 N–H and O–H groups in total. The summed E-state index contributed by atoms with van der Waals surface area (Å²) in [5.74, 6) is 0.384. The fourth-order valence-corrected chi connectivity index (χ4v) is 3.91. The summed E-state index contributed by atoms with van der Waals surface area (Å²) in [7, 11) is 0. The summed E-state index contributed by atoms with van der Waals surface area (Å²) in [6.07, 6.45) is 0.979. The molecule has 0 bridgehead atoms. The van der Waals surface area contributed by atoms with Gasteiger partial charge in [0.25, 0.3) is 5.69 Å². The summed E-state index contributed by atoms with van der Waals surface area (Å²) < 4.78 is 0. The average Bonchev–Trinajstić information content (AvgIpc) is 2.79. The van der Waals surface area contributed by atoms with Crippen molar-refractivity contribution in [3.8, 4) is 0 Å². The van der Waals surface area contributed by atoms with E-state index in [2.05, 4.69) is 34.2 Å². The van der Waals surface area contributed by atoms with E-state index in [4.69, 9.17) is 0 Å². The van der Waals surface area contributed by atoms with Crippen LogP contribution in [0.4, 0.5) is 11.4 Å². The maximum Gasteiger partial charge on any atom is 0.269 e. The van der Waals surface area contributed by atoms with Gasteiger partial charge in [0.1, 0.15) is 0 Å². The number of nitro benzene ring substituents is 1. The molecule has 3 rings (SSSR count). The molecule has 1 aliphatic heterocycles. The first-order valence-electron chi connectivity index (χ1n) is 10.6. The normalized spacial score (nSPS) is 16.7. The molecule has 0 unspecified atom stereocenters. The molecule has 0 saturated carbocycles. The van der Waals surface area contributed by atoms with Crippen LogP contribution in [0.2, 0.25) is 0 Å². The zero-order valence-corrected chi connectivity index (χ0v) is 17.7. The second kappa shape index (κ2) is 10.2. The van der Waals surface area contributed by atoms with E-state index in [1.807, 2.05) is 25.1 Å². The smallest absolute Gasteiger partial charge is 0.269 e. The van der Waals surface area contributed by atoms with Crippen LogP contribution in [0.25, 0.3) is 0 Å². The Morgan fingerprint density at radius 2 is 1.70 bits per heavy atom. The first kappa shape index (κ1) is 21.8. The number of non-ortho nitro benzene ring substituents is 1. The predicted molar refractivity (Wildman–Crippen MR) is 119 cm³/mol. The van der Waals surface area contributed by atoms with Crippen LogP contribution in [0.1, 0.15) is 31.7 Å². The monoisotopic (exact) mass is 410 g/mol. The molecule has 1 heterocycles. The molecule has 30 heavy (non-hydrogen) atoms. The van der Waals surface area contributed by atoms with E-state index in [9.17, 15) is 14.9 Å². The van der Waals surface area contributed by atoms with Crippen LogP contribution in [0.5, 0.6) is 0 Å². The first-order valence-corrected chi connectivity index (χ1v) is 10.6. The summed E-state index contributed by atoms with van der Waals surface area (Å²) in [6.45, 7) is 7.88. The number of nitrogens with one attached hydrogen (secondary N) is 1. The number of benzene rings is 2. The van der Waals surface area contributed by atoms with Gasteiger partial charge in [0, 0.05) is 56.5 Å². The minimum atomic E-state index is -0.386. The Morgan fingerprint density at radius 1 is 1.07 bits per heavy atom. The van der Waals surface area contributed by atoms with Gasteiger partial charge < -0.3 is 10.2 Å². The van der Waals surface area contributed by atoms with Crippen molar-refractivity contribution in [3.63, 3.8) is 0 Å². The van der Waals surface area contributed by atoms with E-state index in [1.54, 1.807) is 12.1 Å². The molecular weight excluding hydrogens is 380 g/mol. The Kier molecular flexibility index (Phi) is 7.41. The van der Waals surface area contributed by atoms with E-state index in [0.29, 0.717) is 12.5 Å². The molecular formula is C23H30N4O3. The lowest BCUT2D eigenvalue weighted by atomic mass is 9.96. The number of amides is 1. The Hall–Kier alpha value is -2.93. The van der Waals surface area contributed by atoms with Crippen molar-refractivity contribution in [2.75, 3.05) is 37.6 Å². The van der Waals surface area contributed by atoms with E-state index < -0.39 is 0 Å². The van der Waals surface area contributed by atoms with Crippen molar-refractivity contribution in [1.29, 1.82) is 0 Å². The lowest BCUT2D eigenvalue weighted by Gasteiger charge is -2.38. The maximum atomic E-state index is 12.7. The van der Waals surface area contributed by atoms with Crippen molar-refractivity contribution in [2.45, 2.75) is 32.2 Å². The Bertz CT molecular complexity index is 833. The fourth-order valence-electron chi connectivity index (χ4n) is 3.91. The van der Waals surface area contributed by atoms with Gasteiger partial charge >= 0.3 is 0 Å². The lowest BCUT2D eigenvalue weighted by Crippen LogP contribution is -2.54. The highest BCUT2D eigenvalue weighted by Gasteiger charge is 2.26. The Morgan fingerprint density at radius 3 is 2.27 bits per heavy atom. The zero-order chi connectivity index (χ0) is 21.5. The third-order valence-electron chi connectivity index (χ3n) is 5.95. The fraction of sp³-hybridized carbons (Fsp3) is 0.435. The molecule has 0 aliphatic carbocycles. The van der Waals surface area contributed by atoms with Crippen LogP contribution in [0.3, 0.4) is 0 Å². The van der Waals surface area contributed by atoms with Crippen LogP contribution in [-0.2, 0) is 4.79 Å². The number of hydrogen-bond acceptors (Lipinski definition) is 5. The highest BCUT2D eigenvalue weighted by molar-refractivity contribution is 5.81. The van der Waals surface area contributed by atoms with Gasteiger partial charge in [-0.05, 0) is 31.0 Å². The van der Waals surface area contributed by atoms with Crippen LogP contribution >= 0.6 is 0 Å². The second-order valence-corrected chi connectivity index (χ2v) is 7.73. The quantitative estimate of drug-likeness (QED) is 0.533. The number of piperazine rings is 1. The number of nitro groups is 1. The summed E-state index contributed by atoms with van der Waals surface area (Å²) in [4.78, 5) is 27.5. The van der Waals surface area contributed by atoms with Gasteiger partial charge in [-0.3, -0.25) is 19.8 Å². The third kappa shape index (κ3) is 5.36. The molecule has 160 valence electrons. The molecule has 7 heteroatoms. The molecule has 1 amide bonds. The van der Waals surface area contributed by atoms with Crippen molar-refractivity contribution in [2.24, 2.45) is 0 Å². The minimum absolute atomic E-state index is 0.0631. The zero-order valence-electron chi connectivity index (χ0n) is 17.7. The molecule has 0 aromatic heterocycles. The SMILES string of the molecule is CC[C@@H](CNC(=O)[C@@H](C)N1CCN(c2ccc([N+](=O)[O-])cc2)CC1)c1ccccc1. The van der Waals surface area contributed by atoms with Crippen molar-refractivity contribution in [3.05, 3.63) is 70.3 Å². The standard InChI is InChI=1S/C23H30N4O3/c1-3-19(20-7-5-4-6-8-20)17-24-23(28)18(2)25-13-15-26(16-14-25)21-9-11-22(12-10-21)27(29)30/h4-12,18-19H,3,13-17H2,1-2H3,(H,24,28)/t18-,19+/m1/s1. The van der Waals surface area contributed by atoms with Gasteiger partial charge in [0.15, 0.2) is 0 Å². The van der Waals surface area contributed by atoms with E-state index >= 15 is 0 Å². The number of hydrogen-bond donors (Lipinski definition) is 1. The molecule has 1 aliphatic rings. The van der Waals surface area contributed by atoms with Gasteiger partial charge in [0.05, 0.1) is 11.0 Å². The van der Waals surface area contributed by atoms with Gasteiger partial charge in [-0.25, -0.2) is 0 Å². The van der Waals surface area contributed by atoms with Gasteiger partial charge in [-0.2, -0.15) is 0 Å². The average molecular weight is 411 g/mol. The van der Waals surface area contributed by atoms with Gasteiger partial charge in [-0.15, -0.1) is 0 Å². The highest BCUT2D eigenvalue weighted by Crippen LogP contribution is 2.21. The van der Waals surface area contributed by atoms with E-state index in [-0.39, 0.29) is 22.6 Å². The van der Waals surface area contributed by atoms with Crippen LogP contribution in [0.15, 0.2) is 54.6 Å². The van der Waals surface area contributed by atoms with Gasteiger partial charge in [0.2, 0.25) is 5.91 Å². The molecule has 7 nitrogen and oxygen atoms in total. The highest BCUT2D eigenvalue weighted by atomic mass is 16.6. The molecule has 0 radical (unpaired) electrons. The summed E-state index contributed by atoms with van der Waals surface area (Å²) >= 11 is 0. The first-order chi connectivity index (χ1) is 14.5. The number of carbonyl (C=O) groups excluding carboxylic acids is 1. The largest absolute Gasteiger partial charge is 0.369 e. The molecule has 2 aromatic carbocycles. The third-order valence-corrected chi connectivity index (χ3v) is 5.95. The van der Waals surface area contributed by atoms with Crippen LogP contribution in [0, 0.1) is 10.1 Å². The van der Waals surface area contributed by atoms with Crippen molar-refractivity contribution < 1.29 is 9.72 Å². The lowest BCUT2D eigenvalue weighted by molar-refractivity contribution is -0.384. The van der Waals surface area contributed by atoms with Crippen LogP contribution in [-0.4, -0.2) is 54.5 Å². The maximum absolute atomic E-state index is 12.7. The topological polar surface area (TPSA) is 78.7 Å². The Balaban J connectivity index is 1.48. The van der Waals surface area contributed by atoms with Crippen molar-refractivity contribution >= 4 is 17.3 Å². The predicted octanol–water partition coefficient (Wildman–Crippen LogP) is 3.42. The molecule has 1 saturated heterocycles. The number of rotatable bonds is 8. The number of carbonyl (C=O) groups is 1. The number of nitrogens with zero attached hydrogens (tertiary/aromatic N) is 3. The summed E-state index contributed by atoms with van der Waals surface area (Å²) in [5.41, 5.74) is 2.33. The second-order valence-electron chi connectivity index (χ2n) is 7.73. The number of anilines is 1. The van der Waals surface area contributed by atoms with E-state index in [1.165, 1.54) is 17.7 Å². The van der Waals surface area contributed by atoms with E-state index in [0.717, 1.165) is 38.3 Å². The van der Waals surface area contributed by atoms with Gasteiger partial charge in [-0.1, -0.05) is 37.3 Å². The minimum Gasteiger partial charge on any atom is -0.369 e. The molecule has 2 aromatic rings. The van der Waals surface area contributed by atoms with Crippen molar-refractivity contribution in [1.82, 2.24) is 10.2 Å². The molecule has 1 fully saturated rings. The molecule has 2 atom stereocenters. The summed E-state index contributed by atoms with van der Waals surface area (Å²) in [5, 5.41) is 13.9.